The van der Waals surface area contributed by atoms with Crippen LogP contribution in [0.25, 0.3) is 0 Å². The van der Waals surface area contributed by atoms with Crippen molar-refractivity contribution in [3.8, 4) is 0 Å². The van der Waals surface area contributed by atoms with E-state index in [2.05, 4.69) is 13.8 Å². The number of carbonyl (C=O) groups excluding carboxylic acids is 1. The first-order valence-corrected chi connectivity index (χ1v) is 5.74. The Balaban J connectivity index is 4.00. The fourth-order valence-corrected chi connectivity index (χ4v) is 1.57. The maximum Gasteiger partial charge on any atom is 0.161 e. The van der Waals surface area contributed by atoms with Gasteiger partial charge in [0.1, 0.15) is 6.10 Å². The average Bonchev–Trinajstić information content (AvgIpc) is 2.15. The van der Waals surface area contributed by atoms with Gasteiger partial charge in [-0.05, 0) is 19.3 Å². The summed E-state index contributed by atoms with van der Waals surface area (Å²) in [4.78, 5) is 11.3. The van der Waals surface area contributed by atoms with E-state index in [0.717, 1.165) is 6.42 Å². The number of hydrogen-bond donors (Lipinski definition) is 1. The predicted molar refractivity (Wildman–Crippen MR) is 60.5 cm³/mol. The Hall–Kier alpha value is -0.410. The van der Waals surface area contributed by atoms with Crippen molar-refractivity contribution in [2.45, 2.75) is 59.9 Å². The van der Waals surface area contributed by atoms with Crippen molar-refractivity contribution in [3.05, 3.63) is 0 Å². The second-order valence-electron chi connectivity index (χ2n) is 4.60. The summed E-state index contributed by atoms with van der Waals surface area (Å²) >= 11 is 0. The SMILES string of the molecule is CCC(=O)C(C)OC(O)C(C)CC(C)C. The molecule has 0 aliphatic carbocycles. The van der Waals surface area contributed by atoms with Gasteiger partial charge in [0.15, 0.2) is 12.1 Å². The molecule has 3 heteroatoms. The van der Waals surface area contributed by atoms with Gasteiger partial charge in [-0.1, -0.05) is 27.7 Å². The van der Waals surface area contributed by atoms with Gasteiger partial charge in [-0.3, -0.25) is 4.79 Å². The molecule has 0 radical (unpaired) electrons. The molecule has 0 aromatic carbocycles. The third-order valence-corrected chi connectivity index (χ3v) is 2.48. The Morgan fingerprint density at radius 3 is 2.20 bits per heavy atom. The van der Waals surface area contributed by atoms with Crippen molar-refractivity contribution < 1.29 is 14.6 Å². The van der Waals surface area contributed by atoms with Crippen LogP contribution < -0.4 is 0 Å². The lowest BCUT2D eigenvalue weighted by molar-refractivity contribution is -0.171. The fraction of sp³-hybridized carbons (Fsp3) is 0.917. The lowest BCUT2D eigenvalue weighted by Gasteiger charge is -2.23. The smallest absolute Gasteiger partial charge is 0.161 e. The van der Waals surface area contributed by atoms with Crippen LogP contribution in [0.3, 0.4) is 0 Å². The van der Waals surface area contributed by atoms with Gasteiger partial charge in [0.2, 0.25) is 0 Å². The van der Waals surface area contributed by atoms with Crippen LogP contribution in [0.15, 0.2) is 0 Å². The van der Waals surface area contributed by atoms with Gasteiger partial charge >= 0.3 is 0 Å². The average molecular weight is 216 g/mol. The largest absolute Gasteiger partial charge is 0.368 e. The zero-order valence-corrected chi connectivity index (χ0v) is 10.5. The van der Waals surface area contributed by atoms with Crippen LogP contribution in [0.2, 0.25) is 0 Å². The lowest BCUT2D eigenvalue weighted by Crippen LogP contribution is -2.31. The molecular weight excluding hydrogens is 192 g/mol. The molecule has 0 aliphatic rings. The van der Waals surface area contributed by atoms with E-state index in [1.807, 2.05) is 6.92 Å². The summed E-state index contributed by atoms with van der Waals surface area (Å²) in [6, 6.07) is 0. The highest BCUT2D eigenvalue weighted by Gasteiger charge is 2.21. The standard InChI is InChI=1S/C12H24O3/c1-6-11(13)10(5)15-12(14)9(4)7-8(2)3/h8-10,12,14H,6-7H2,1-5H3. The third-order valence-electron chi connectivity index (χ3n) is 2.48. The molecule has 0 aliphatic heterocycles. The quantitative estimate of drug-likeness (QED) is 0.665. The van der Waals surface area contributed by atoms with Gasteiger partial charge in [-0.2, -0.15) is 0 Å². The number of ketones is 1. The van der Waals surface area contributed by atoms with Crippen LogP contribution >= 0.6 is 0 Å². The van der Waals surface area contributed by atoms with Crippen LogP contribution in [0, 0.1) is 11.8 Å². The lowest BCUT2D eigenvalue weighted by atomic mass is 9.98. The Morgan fingerprint density at radius 1 is 1.27 bits per heavy atom. The molecule has 0 aromatic rings. The molecule has 0 amide bonds. The van der Waals surface area contributed by atoms with Crippen LogP contribution in [0.4, 0.5) is 0 Å². The van der Waals surface area contributed by atoms with Crippen molar-refractivity contribution in [1.29, 1.82) is 0 Å². The summed E-state index contributed by atoms with van der Waals surface area (Å²) in [6.45, 7) is 9.63. The number of rotatable bonds is 7. The molecule has 15 heavy (non-hydrogen) atoms. The van der Waals surface area contributed by atoms with E-state index in [1.54, 1.807) is 13.8 Å². The first kappa shape index (κ1) is 14.6. The van der Waals surface area contributed by atoms with E-state index in [1.165, 1.54) is 0 Å². The maximum absolute atomic E-state index is 11.3. The zero-order chi connectivity index (χ0) is 12.0. The van der Waals surface area contributed by atoms with Gasteiger partial charge in [0, 0.05) is 12.3 Å². The Bertz CT molecular complexity index is 189. The highest BCUT2D eigenvalue weighted by atomic mass is 16.6. The Labute approximate surface area is 92.8 Å². The minimum atomic E-state index is -0.835. The summed E-state index contributed by atoms with van der Waals surface area (Å²) in [5, 5.41) is 9.71. The molecule has 0 bridgehead atoms. The number of carbonyl (C=O) groups is 1. The van der Waals surface area contributed by atoms with Gasteiger partial charge < -0.3 is 9.84 Å². The van der Waals surface area contributed by atoms with Crippen LogP contribution in [0.1, 0.15) is 47.5 Å². The highest BCUT2D eigenvalue weighted by Crippen LogP contribution is 2.17. The summed E-state index contributed by atoms with van der Waals surface area (Å²) in [5.74, 6) is 0.623. The highest BCUT2D eigenvalue weighted by molar-refractivity contribution is 5.82. The first-order chi connectivity index (χ1) is 6.88. The van der Waals surface area contributed by atoms with Crippen molar-refractivity contribution in [2.24, 2.45) is 11.8 Å². The van der Waals surface area contributed by atoms with Crippen molar-refractivity contribution in [2.75, 3.05) is 0 Å². The van der Waals surface area contributed by atoms with Crippen LogP contribution in [0.5, 0.6) is 0 Å². The monoisotopic (exact) mass is 216 g/mol. The van der Waals surface area contributed by atoms with Crippen molar-refractivity contribution in [3.63, 3.8) is 0 Å². The third kappa shape index (κ3) is 5.90. The first-order valence-electron chi connectivity index (χ1n) is 5.74. The molecule has 0 fully saturated rings. The molecule has 0 spiro atoms. The van der Waals surface area contributed by atoms with Gasteiger partial charge in [-0.25, -0.2) is 0 Å². The molecular formula is C12H24O3. The molecule has 3 unspecified atom stereocenters. The second-order valence-corrected chi connectivity index (χ2v) is 4.60. The topological polar surface area (TPSA) is 46.5 Å². The van der Waals surface area contributed by atoms with E-state index in [4.69, 9.17) is 4.74 Å². The number of hydrogen-bond acceptors (Lipinski definition) is 3. The molecule has 90 valence electrons. The molecule has 0 saturated heterocycles. The summed E-state index contributed by atoms with van der Waals surface area (Å²) in [6.07, 6.45) is 0.0122. The van der Waals surface area contributed by atoms with Crippen LogP contribution in [-0.2, 0) is 9.53 Å². The minimum absolute atomic E-state index is 0.0331. The molecule has 0 saturated carbocycles. The van der Waals surface area contributed by atoms with Gasteiger partial charge in [-0.15, -0.1) is 0 Å². The number of aliphatic hydroxyl groups excluding tert-OH is 1. The molecule has 0 aromatic heterocycles. The van der Waals surface area contributed by atoms with Crippen LogP contribution in [-0.4, -0.2) is 23.3 Å². The van der Waals surface area contributed by atoms with E-state index in [9.17, 15) is 9.90 Å². The molecule has 0 rings (SSSR count). The zero-order valence-electron chi connectivity index (χ0n) is 10.5. The van der Waals surface area contributed by atoms with Gasteiger partial charge in [0.05, 0.1) is 0 Å². The number of aliphatic hydroxyl groups is 1. The Kier molecular flexibility index (Phi) is 6.77. The van der Waals surface area contributed by atoms with Gasteiger partial charge in [0.25, 0.3) is 0 Å². The molecule has 3 nitrogen and oxygen atoms in total. The summed E-state index contributed by atoms with van der Waals surface area (Å²) in [7, 11) is 0. The van der Waals surface area contributed by atoms with E-state index in [-0.39, 0.29) is 11.7 Å². The summed E-state index contributed by atoms with van der Waals surface area (Å²) in [5.41, 5.74) is 0. The molecule has 3 atom stereocenters. The van der Waals surface area contributed by atoms with E-state index < -0.39 is 12.4 Å². The Morgan fingerprint density at radius 2 is 1.80 bits per heavy atom. The fourth-order valence-electron chi connectivity index (χ4n) is 1.57. The molecule has 0 heterocycles. The number of ether oxygens (including phenoxy) is 1. The minimum Gasteiger partial charge on any atom is -0.368 e. The summed E-state index contributed by atoms with van der Waals surface area (Å²) < 4.78 is 5.27. The predicted octanol–water partition coefficient (Wildman–Crippen LogP) is 2.37. The van der Waals surface area contributed by atoms with Crippen molar-refractivity contribution in [1.82, 2.24) is 0 Å². The number of Topliss-reactive ketones (excluding diaryl/α,β-unsaturated/α-hetero) is 1. The normalized spacial score (nSPS) is 17.5. The second kappa shape index (κ2) is 6.96. The maximum atomic E-state index is 11.3. The van der Waals surface area contributed by atoms with E-state index >= 15 is 0 Å². The van der Waals surface area contributed by atoms with Crippen molar-refractivity contribution >= 4 is 5.78 Å². The molecule has 1 N–H and O–H groups in total. The van der Waals surface area contributed by atoms with E-state index in [0.29, 0.717) is 12.3 Å².